The van der Waals surface area contributed by atoms with Crippen LogP contribution in [0.25, 0.3) is 0 Å². The summed E-state index contributed by atoms with van der Waals surface area (Å²) >= 11 is 5.97. The molecule has 2 aromatic carbocycles. The van der Waals surface area contributed by atoms with E-state index >= 15 is 0 Å². The first-order chi connectivity index (χ1) is 19.6. The van der Waals surface area contributed by atoms with Crippen molar-refractivity contribution >= 4 is 34.6 Å². The lowest BCUT2D eigenvalue weighted by atomic mass is 9.95. The Morgan fingerprint density at radius 2 is 1.78 bits per heavy atom. The van der Waals surface area contributed by atoms with Crippen LogP contribution in [0.15, 0.2) is 79.0 Å². The van der Waals surface area contributed by atoms with Gasteiger partial charge in [0, 0.05) is 41.3 Å². The Bertz CT molecular complexity index is 1560. The SMILES string of the molecule is COc1cc(N2C(=S)N[C@@H](c3ccccn3)[C@H]2c2cc(C)n(Cc3ccccc3)c2C)ccc1NC(=O)C(C)(C)C. The van der Waals surface area contributed by atoms with Crippen molar-refractivity contribution in [2.45, 2.75) is 53.2 Å². The normalized spacial score (nSPS) is 16.9. The van der Waals surface area contributed by atoms with Crippen LogP contribution in [0.5, 0.6) is 5.75 Å². The van der Waals surface area contributed by atoms with Crippen LogP contribution in [0.2, 0.25) is 0 Å². The zero-order valence-corrected chi connectivity index (χ0v) is 25.3. The summed E-state index contributed by atoms with van der Waals surface area (Å²) in [4.78, 5) is 19.6. The standard InChI is InChI=1S/C33H37N5O2S/c1-21-18-25(22(2)37(21)20-23-12-8-7-9-13-23)30-29(27-14-10-11-17-34-27)36-32(41)38(30)24-15-16-26(28(19-24)40-6)35-31(39)33(3,4)5/h7-19,29-30H,20H2,1-6H3,(H,35,39)(H,36,41)/t29-,30+/m0/s1. The molecule has 0 saturated carbocycles. The van der Waals surface area contributed by atoms with Crippen LogP contribution in [0, 0.1) is 19.3 Å². The van der Waals surface area contributed by atoms with Gasteiger partial charge in [0.1, 0.15) is 5.75 Å². The number of anilines is 2. The smallest absolute Gasteiger partial charge is 0.229 e. The molecule has 1 aliphatic rings. The van der Waals surface area contributed by atoms with E-state index in [4.69, 9.17) is 21.9 Å². The molecule has 0 spiro atoms. The van der Waals surface area contributed by atoms with E-state index in [1.54, 1.807) is 7.11 Å². The Hall–Kier alpha value is -4.17. The molecule has 0 aliphatic carbocycles. The minimum Gasteiger partial charge on any atom is -0.494 e. The number of aryl methyl sites for hydroxylation is 1. The number of carbonyl (C=O) groups excluding carboxylic acids is 1. The molecule has 7 nitrogen and oxygen atoms in total. The summed E-state index contributed by atoms with van der Waals surface area (Å²) in [6, 6.07) is 24.2. The highest BCUT2D eigenvalue weighted by atomic mass is 32.1. The van der Waals surface area contributed by atoms with Crippen molar-refractivity contribution in [2.24, 2.45) is 5.41 Å². The Balaban J connectivity index is 1.59. The Morgan fingerprint density at radius 1 is 1.05 bits per heavy atom. The number of benzene rings is 2. The molecule has 0 unspecified atom stereocenters. The van der Waals surface area contributed by atoms with Crippen molar-refractivity contribution in [3.63, 3.8) is 0 Å². The first-order valence-corrected chi connectivity index (χ1v) is 14.2. The summed E-state index contributed by atoms with van der Waals surface area (Å²) in [5, 5.41) is 7.16. The number of pyridine rings is 1. The van der Waals surface area contributed by atoms with Crippen molar-refractivity contribution in [3.05, 3.63) is 107 Å². The van der Waals surface area contributed by atoms with E-state index < -0.39 is 5.41 Å². The van der Waals surface area contributed by atoms with E-state index in [1.165, 1.54) is 22.5 Å². The van der Waals surface area contributed by atoms with Crippen LogP contribution >= 0.6 is 12.2 Å². The second kappa shape index (κ2) is 11.4. The van der Waals surface area contributed by atoms with Crippen LogP contribution in [0.1, 0.15) is 61.1 Å². The molecule has 8 heteroatoms. The lowest BCUT2D eigenvalue weighted by molar-refractivity contribution is -0.123. The van der Waals surface area contributed by atoms with Gasteiger partial charge in [-0.05, 0) is 67.5 Å². The van der Waals surface area contributed by atoms with Gasteiger partial charge in [0.25, 0.3) is 0 Å². The van der Waals surface area contributed by atoms with Gasteiger partial charge in [0.15, 0.2) is 5.11 Å². The summed E-state index contributed by atoms with van der Waals surface area (Å²) in [6.07, 6.45) is 1.81. The molecule has 2 aromatic heterocycles. The van der Waals surface area contributed by atoms with Crippen molar-refractivity contribution in [1.29, 1.82) is 0 Å². The lowest BCUT2D eigenvalue weighted by Crippen LogP contribution is -2.30. The summed E-state index contributed by atoms with van der Waals surface area (Å²) in [5.41, 5.74) is 6.63. The van der Waals surface area contributed by atoms with Crippen LogP contribution in [0.3, 0.4) is 0 Å². The minimum atomic E-state index is -0.534. The molecule has 2 atom stereocenters. The number of nitrogens with zero attached hydrogens (tertiary/aromatic N) is 3. The molecule has 2 N–H and O–H groups in total. The second-order valence-electron chi connectivity index (χ2n) is 11.5. The maximum atomic E-state index is 12.7. The Morgan fingerprint density at radius 3 is 2.44 bits per heavy atom. The third-order valence-corrected chi connectivity index (χ3v) is 7.92. The summed E-state index contributed by atoms with van der Waals surface area (Å²) in [6.45, 7) is 10.8. The molecule has 1 saturated heterocycles. The van der Waals surface area contributed by atoms with Gasteiger partial charge in [-0.2, -0.15) is 0 Å². The van der Waals surface area contributed by atoms with Crippen molar-refractivity contribution in [3.8, 4) is 5.75 Å². The predicted octanol–water partition coefficient (Wildman–Crippen LogP) is 6.72. The number of carbonyl (C=O) groups is 1. The molecule has 1 aliphatic heterocycles. The number of aromatic nitrogens is 2. The van der Waals surface area contributed by atoms with E-state index in [0.29, 0.717) is 16.5 Å². The number of methoxy groups -OCH3 is 1. The number of hydrogen-bond acceptors (Lipinski definition) is 4. The summed E-state index contributed by atoms with van der Waals surface area (Å²) in [5.74, 6) is 0.485. The van der Waals surface area contributed by atoms with Gasteiger partial charge in [0.05, 0.1) is 30.6 Å². The molecule has 4 aromatic rings. The fourth-order valence-corrected chi connectivity index (χ4v) is 5.67. The van der Waals surface area contributed by atoms with Crippen LogP contribution in [-0.4, -0.2) is 27.7 Å². The maximum absolute atomic E-state index is 12.7. The predicted molar refractivity (Wildman–Crippen MR) is 168 cm³/mol. The van der Waals surface area contributed by atoms with Gasteiger partial charge in [-0.3, -0.25) is 9.78 Å². The van der Waals surface area contributed by atoms with Crippen LogP contribution < -0.4 is 20.3 Å². The van der Waals surface area contributed by atoms with E-state index in [1.807, 2.05) is 69.4 Å². The number of thiocarbonyl (C=S) groups is 1. The van der Waals surface area contributed by atoms with Crippen molar-refractivity contribution in [1.82, 2.24) is 14.9 Å². The molecule has 3 heterocycles. The largest absolute Gasteiger partial charge is 0.494 e. The van der Waals surface area contributed by atoms with Gasteiger partial charge in [-0.25, -0.2) is 0 Å². The quantitative estimate of drug-likeness (QED) is 0.242. The number of amides is 1. The zero-order chi connectivity index (χ0) is 29.3. The van der Waals surface area contributed by atoms with Gasteiger partial charge >= 0.3 is 0 Å². The van der Waals surface area contributed by atoms with Gasteiger partial charge < -0.3 is 24.8 Å². The molecular weight excluding hydrogens is 530 g/mol. The average Bonchev–Trinajstić information content (AvgIpc) is 3.44. The van der Waals surface area contributed by atoms with E-state index in [2.05, 4.69) is 64.3 Å². The Kier molecular flexibility index (Phi) is 7.87. The third kappa shape index (κ3) is 5.70. The molecule has 212 valence electrons. The maximum Gasteiger partial charge on any atom is 0.229 e. The number of hydrogen-bond donors (Lipinski definition) is 2. The zero-order valence-electron chi connectivity index (χ0n) is 24.4. The van der Waals surface area contributed by atoms with Crippen LogP contribution in [0.4, 0.5) is 11.4 Å². The molecule has 5 rings (SSSR count). The van der Waals surface area contributed by atoms with Gasteiger partial charge in [0.2, 0.25) is 5.91 Å². The van der Waals surface area contributed by atoms with Gasteiger partial charge in [-0.15, -0.1) is 0 Å². The number of ether oxygens (including phenoxy) is 1. The lowest BCUT2D eigenvalue weighted by Gasteiger charge is -2.29. The first-order valence-electron chi connectivity index (χ1n) is 13.8. The fourth-order valence-electron chi connectivity index (χ4n) is 5.33. The average molecular weight is 568 g/mol. The van der Waals surface area contributed by atoms with E-state index in [-0.39, 0.29) is 18.0 Å². The van der Waals surface area contributed by atoms with Crippen molar-refractivity contribution < 1.29 is 9.53 Å². The highest BCUT2D eigenvalue weighted by Crippen LogP contribution is 2.45. The second-order valence-corrected chi connectivity index (χ2v) is 11.9. The fraction of sp³-hybridized carbons (Fsp3) is 0.303. The van der Waals surface area contributed by atoms with Crippen molar-refractivity contribution in [2.75, 3.05) is 17.3 Å². The topological polar surface area (TPSA) is 71.4 Å². The highest BCUT2D eigenvalue weighted by molar-refractivity contribution is 7.80. The monoisotopic (exact) mass is 567 g/mol. The number of nitrogens with one attached hydrogen (secondary N) is 2. The first kappa shape index (κ1) is 28.4. The summed E-state index contributed by atoms with van der Waals surface area (Å²) < 4.78 is 8.09. The highest BCUT2D eigenvalue weighted by Gasteiger charge is 2.42. The Labute approximate surface area is 247 Å². The molecule has 41 heavy (non-hydrogen) atoms. The number of rotatable bonds is 7. The molecular formula is C33H37N5O2S. The molecule has 1 fully saturated rings. The van der Waals surface area contributed by atoms with E-state index in [0.717, 1.165) is 17.9 Å². The summed E-state index contributed by atoms with van der Waals surface area (Å²) in [7, 11) is 1.61. The third-order valence-electron chi connectivity index (χ3n) is 7.61. The van der Waals surface area contributed by atoms with E-state index in [9.17, 15) is 4.79 Å². The van der Waals surface area contributed by atoms with Crippen LogP contribution in [-0.2, 0) is 11.3 Å². The van der Waals surface area contributed by atoms with Gasteiger partial charge in [-0.1, -0.05) is 57.2 Å². The molecule has 0 radical (unpaired) electrons. The minimum absolute atomic E-state index is 0.0825. The molecule has 0 bridgehead atoms. The molecule has 1 amide bonds.